The van der Waals surface area contributed by atoms with Gasteiger partial charge in [-0.2, -0.15) is 0 Å². The van der Waals surface area contributed by atoms with Gasteiger partial charge >= 0.3 is 0 Å². The van der Waals surface area contributed by atoms with E-state index >= 15 is 0 Å². The SMILES string of the molecule is CCNc1nnc(-c2cc(Cl)ccc2I)n1CC. The predicted molar refractivity (Wildman–Crippen MR) is 83.0 cm³/mol. The van der Waals surface area contributed by atoms with E-state index in [-0.39, 0.29) is 0 Å². The molecule has 0 bridgehead atoms. The van der Waals surface area contributed by atoms with Crippen LogP contribution in [0.15, 0.2) is 18.2 Å². The van der Waals surface area contributed by atoms with E-state index in [4.69, 9.17) is 11.6 Å². The minimum absolute atomic E-state index is 0.709. The standard InChI is InChI=1S/C12H14ClIN4/c1-3-15-12-17-16-11(18(12)4-2)9-7-8(13)5-6-10(9)14/h5-7H,3-4H2,1-2H3,(H,15,17). The van der Waals surface area contributed by atoms with Gasteiger partial charge in [0, 0.05) is 27.2 Å². The molecule has 2 rings (SSSR count). The van der Waals surface area contributed by atoms with E-state index in [1.165, 1.54) is 0 Å². The Hall–Kier alpha value is -0.820. The third-order valence-electron chi connectivity index (χ3n) is 2.57. The van der Waals surface area contributed by atoms with E-state index in [0.29, 0.717) is 5.02 Å². The number of nitrogens with one attached hydrogen (secondary N) is 1. The zero-order valence-electron chi connectivity index (χ0n) is 10.2. The summed E-state index contributed by atoms with van der Waals surface area (Å²) in [6, 6.07) is 5.79. The van der Waals surface area contributed by atoms with E-state index in [1.54, 1.807) is 0 Å². The molecule has 0 saturated heterocycles. The Morgan fingerprint density at radius 2 is 2.11 bits per heavy atom. The monoisotopic (exact) mass is 376 g/mol. The topological polar surface area (TPSA) is 42.7 Å². The van der Waals surface area contributed by atoms with Crippen LogP contribution in [0.3, 0.4) is 0 Å². The Balaban J connectivity index is 2.53. The van der Waals surface area contributed by atoms with Crippen molar-refractivity contribution in [2.75, 3.05) is 11.9 Å². The average Bonchev–Trinajstić information content (AvgIpc) is 2.75. The lowest BCUT2D eigenvalue weighted by Crippen LogP contribution is -2.07. The van der Waals surface area contributed by atoms with E-state index in [1.807, 2.05) is 25.1 Å². The van der Waals surface area contributed by atoms with Crippen LogP contribution in [0.4, 0.5) is 5.95 Å². The zero-order chi connectivity index (χ0) is 13.1. The summed E-state index contributed by atoms with van der Waals surface area (Å²) in [7, 11) is 0. The molecule has 0 atom stereocenters. The quantitative estimate of drug-likeness (QED) is 0.828. The highest BCUT2D eigenvalue weighted by Gasteiger charge is 2.14. The molecular formula is C12H14ClIN4. The van der Waals surface area contributed by atoms with Gasteiger partial charge in [-0.15, -0.1) is 10.2 Å². The maximum absolute atomic E-state index is 6.05. The van der Waals surface area contributed by atoms with Crippen LogP contribution in [0.2, 0.25) is 5.02 Å². The van der Waals surface area contributed by atoms with E-state index in [2.05, 4.69) is 49.6 Å². The second kappa shape index (κ2) is 5.88. The normalized spacial score (nSPS) is 10.7. The summed E-state index contributed by atoms with van der Waals surface area (Å²) in [6.45, 7) is 5.75. The fourth-order valence-electron chi connectivity index (χ4n) is 1.76. The predicted octanol–water partition coefficient (Wildman–Crippen LogP) is 3.65. The summed E-state index contributed by atoms with van der Waals surface area (Å²) in [5, 5.41) is 12.4. The van der Waals surface area contributed by atoms with E-state index in [0.717, 1.165) is 34.0 Å². The van der Waals surface area contributed by atoms with Gasteiger partial charge in [0.15, 0.2) is 5.82 Å². The minimum Gasteiger partial charge on any atom is -0.355 e. The molecule has 2 aromatic rings. The number of aromatic nitrogens is 3. The first-order valence-corrected chi connectivity index (χ1v) is 7.25. The Morgan fingerprint density at radius 1 is 1.33 bits per heavy atom. The number of halogens is 2. The highest BCUT2D eigenvalue weighted by atomic mass is 127. The molecule has 96 valence electrons. The van der Waals surface area contributed by atoms with Crippen LogP contribution in [-0.4, -0.2) is 21.3 Å². The van der Waals surface area contributed by atoms with Crippen LogP contribution in [0.1, 0.15) is 13.8 Å². The number of anilines is 1. The minimum atomic E-state index is 0.709. The lowest BCUT2D eigenvalue weighted by molar-refractivity contribution is 0.770. The van der Waals surface area contributed by atoms with Gasteiger partial charge in [0.2, 0.25) is 5.95 Å². The Morgan fingerprint density at radius 3 is 2.78 bits per heavy atom. The zero-order valence-corrected chi connectivity index (χ0v) is 13.2. The maximum Gasteiger partial charge on any atom is 0.224 e. The third-order valence-corrected chi connectivity index (χ3v) is 3.75. The molecule has 0 spiro atoms. The fourth-order valence-corrected chi connectivity index (χ4v) is 2.51. The molecule has 4 nitrogen and oxygen atoms in total. The van der Waals surface area contributed by atoms with Crippen molar-refractivity contribution in [3.63, 3.8) is 0 Å². The first-order valence-electron chi connectivity index (χ1n) is 5.79. The molecule has 1 aromatic carbocycles. The van der Waals surface area contributed by atoms with Crippen LogP contribution >= 0.6 is 34.2 Å². The van der Waals surface area contributed by atoms with Crippen molar-refractivity contribution in [2.45, 2.75) is 20.4 Å². The van der Waals surface area contributed by atoms with Gasteiger partial charge in [-0.25, -0.2) is 0 Å². The van der Waals surface area contributed by atoms with Crippen molar-refractivity contribution in [1.29, 1.82) is 0 Å². The molecule has 0 saturated carbocycles. The van der Waals surface area contributed by atoms with Gasteiger partial charge in [0.05, 0.1) is 0 Å². The van der Waals surface area contributed by atoms with Gasteiger partial charge in [-0.05, 0) is 54.6 Å². The maximum atomic E-state index is 6.05. The van der Waals surface area contributed by atoms with Crippen LogP contribution in [0, 0.1) is 3.57 Å². The lowest BCUT2D eigenvalue weighted by atomic mass is 10.2. The molecule has 0 amide bonds. The van der Waals surface area contributed by atoms with Crippen molar-refractivity contribution in [2.24, 2.45) is 0 Å². The first kappa shape index (κ1) is 13.6. The van der Waals surface area contributed by atoms with Crippen molar-refractivity contribution >= 4 is 40.1 Å². The van der Waals surface area contributed by atoms with Crippen LogP contribution in [0.5, 0.6) is 0 Å². The van der Waals surface area contributed by atoms with Gasteiger partial charge in [-0.1, -0.05) is 11.6 Å². The van der Waals surface area contributed by atoms with Gasteiger partial charge in [0.25, 0.3) is 0 Å². The molecule has 0 radical (unpaired) electrons. The summed E-state index contributed by atoms with van der Waals surface area (Å²) in [5.74, 6) is 1.64. The van der Waals surface area contributed by atoms with Crippen molar-refractivity contribution in [1.82, 2.24) is 14.8 Å². The molecule has 1 N–H and O–H groups in total. The highest BCUT2D eigenvalue weighted by molar-refractivity contribution is 14.1. The van der Waals surface area contributed by atoms with Crippen molar-refractivity contribution < 1.29 is 0 Å². The molecular weight excluding hydrogens is 363 g/mol. The van der Waals surface area contributed by atoms with E-state index in [9.17, 15) is 0 Å². The molecule has 0 aliphatic heterocycles. The molecule has 0 aliphatic carbocycles. The van der Waals surface area contributed by atoms with Crippen molar-refractivity contribution in [3.8, 4) is 11.4 Å². The van der Waals surface area contributed by atoms with Gasteiger partial charge in [-0.3, -0.25) is 4.57 Å². The largest absolute Gasteiger partial charge is 0.355 e. The van der Waals surface area contributed by atoms with Gasteiger partial charge in [0.1, 0.15) is 0 Å². The smallest absolute Gasteiger partial charge is 0.224 e. The summed E-state index contributed by atoms with van der Waals surface area (Å²) in [6.07, 6.45) is 0. The van der Waals surface area contributed by atoms with Crippen LogP contribution in [0.25, 0.3) is 11.4 Å². The Bertz CT molecular complexity index is 553. The average molecular weight is 377 g/mol. The Labute approximate surface area is 125 Å². The summed E-state index contributed by atoms with van der Waals surface area (Å²) < 4.78 is 3.17. The first-order chi connectivity index (χ1) is 8.67. The number of rotatable bonds is 4. The lowest BCUT2D eigenvalue weighted by Gasteiger charge is -2.09. The Kier molecular flexibility index (Phi) is 4.45. The summed E-state index contributed by atoms with van der Waals surface area (Å²) in [5.41, 5.74) is 1.02. The molecule has 0 unspecified atom stereocenters. The molecule has 6 heteroatoms. The van der Waals surface area contributed by atoms with E-state index < -0.39 is 0 Å². The van der Waals surface area contributed by atoms with Gasteiger partial charge < -0.3 is 5.32 Å². The molecule has 18 heavy (non-hydrogen) atoms. The molecule has 1 heterocycles. The highest BCUT2D eigenvalue weighted by Crippen LogP contribution is 2.28. The fraction of sp³-hybridized carbons (Fsp3) is 0.333. The molecule has 0 aliphatic rings. The second-order valence-corrected chi connectivity index (χ2v) is 5.34. The third kappa shape index (κ3) is 2.61. The number of nitrogens with zero attached hydrogens (tertiary/aromatic N) is 3. The number of benzene rings is 1. The van der Waals surface area contributed by atoms with Crippen LogP contribution < -0.4 is 5.32 Å². The second-order valence-electron chi connectivity index (χ2n) is 3.75. The number of hydrogen-bond donors (Lipinski definition) is 1. The molecule has 1 aromatic heterocycles. The molecule has 0 fully saturated rings. The number of hydrogen-bond acceptors (Lipinski definition) is 3. The summed E-state index contributed by atoms with van der Waals surface area (Å²) in [4.78, 5) is 0. The van der Waals surface area contributed by atoms with Crippen LogP contribution in [-0.2, 0) is 6.54 Å². The summed E-state index contributed by atoms with van der Waals surface area (Å²) >= 11 is 8.34. The van der Waals surface area contributed by atoms with Crippen molar-refractivity contribution in [3.05, 3.63) is 26.8 Å².